The van der Waals surface area contributed by atoms with Crippen LogP contribution in [0.25, 0.3) is 16.9 Å². The van der Waals surface area contributed by atoms with Gasteiger partial charge in [-0.2, -0.15) is 13.2 Å². The summed E-state index contributed by atoms with van der Waals surface area (Å²) in [5.74, 6) is 0.244. The molecule has 4 rings (SSSR count). The molecule has 0 saturated carbocycles. The van der Waals surface area contributed by atoms with Gasteiger partial charge < -0.3 is 19.4 Å². The lowest BCUT2D eigenvalue weighted by atomic mass is 10.0. The van der Waals surface area contributed by atoms with E-state index in [1.807, 2.05) is 37.4 Å². The average Bonchev–Trinajstić information content (AvgIpc) is 3.27. The van der Waals surface area contributed by atoms with Gasteiger partial charge >= 0.3 is 12.2 Å². The highest BCUT2D eigenvalue weighted by molar-refractivity contribution is 5.75. The second kappa shape index (κ2) is 9.49. The summed E-state index contributed by atoms with van der Waals surface area (Å²) in [6.07, 6.45) is 0.654. The molecule has 1 aliphatic rings. The molecule has 0 fully saturated rings. The molecule has 1 aliphatic heterocycles. The zero-order valence-corrected chi connectivity index (χ0v) is 19.2. The van der Waals surface area contributed by atoms with Crippen molar-refractivity contribution in [1.82, 2.24) is 29.5 Å². The van der Waals surface area contributed by atoms with Crippen molar-refractivity contribution in [3.05, 3.63) is 48.4 Å². The number of alkyl halides is 3. The molecule has 1 N–H and O–H groups in total. The standard InChI is InChI=1S/C23H27F3N6O2/c1-4-32-15(2)16-6-5-7-17(12-16)18-14-31-9-8-27-20(31)21(29-18)34-11-10-30(3)19(23(24,25)26)13-28-22(32)33/h5-9,12,14-15,19H,4,10-11,13H2,1-3H3,(H,28,33)/t15-,19?/m1/s1. The average molecular weight is 477 g/mol. The summed E-state index contributed by atoms with van der Waals surface area (Å²) in [6, 6.07) is 4.80. The molecule has 8 nitrogen and oxygen atoms in total. The molecule has 0 spiro atoms. The zero-order chi connectivity index (χ0) is 24.5. The van der Waals surface area contributed by atoms with Crippen molar-refractivity contribution < 1.29 is 22.7 Å². The van der Waals surface area contributed by atoms with Crippen molar-refractivity contribution >= 4 is 11.7 Å². The molecule has 3 aromatic rings. The summed E-state index contributed by atoms with van der Waals surface area (Å²) < 4.78 is 48.9. The number of imidazole rings is 1. The number of nitrogens with one attached hydrogen (secondary N) is 1. The van der Waals surface area contributed by atoms with Crippen molar-refractivity contribution in [2.45, 2.75) is 32.1 Å². The van der Waals surface area contributed by atoms with Crippen molar-refractivity contribution in [2.24, 2.45) is 0 Å². The fourth-order valence-electron chi connectivity index (χ4n) is 4.12. The second-order valence-electron chi connectivity index (χ2n) is 8.25. The van der Waals surface area contributed by atoms with E-state index in [2.05, 4.69) is 15.3 Å². The van der Waals surface area contributed by atoms with Gasteiger partial charge in [0, 0.05) is 43.8 Å². The van der Waals surface area contributed by atoms with Crippen molar-refractivity contribution in [3.63, 3.8) is 0 Å². The maximum absolute atomic E-state index is 13.8. The highest BCUT2D eigenvalue weighted by atomic mass is 19.4. The third-order valence-electron chi connectivity index (χ3n) is 6.12. The molecule has 1 unspecified atom stereocenters. The van der Waals surface area contributed by atoms with E-state index in [0.29, 0.717) is 17.9 Å². The van der Waals surface area contributed by atoms with Crippen LogP contribution in [-0.4, -0.2) is 75.7 Å². The van der Waals surface area contributed by atoms with Gasteiger partial charge in [-0.05, 0) is 32.5 Å². The van der Waals surface area contributed by atoms with Gasteiger partial charge in [-0.3, -0.25) is 4.90 Å². The first-order valence-corrected chi connectivity index (χ1v) is 11.1. The predicted octanol–water partition coefficient (Wildman–Crippen LogP) is 3.74. The molecule has 182 valence electrons. The molecule has 2 atom stereocenters. The molecule has 0 radical (unpaired) electrons. The topological polar surface area (TPSA) is 75.0 Å². The Hall–Kier alpha value is -3.34. The number of amides is 2. The van der Waals surface area contributed by atoms with Crippen LogP contribution in [0.15, 0.2) is 42.9 Å². The Morgan fingerprint density at radius 1 is 1.29 bits per heavy atom. The minimum absolute atomic E-state index is 0.0256. The molecule has 2 aromatic heterocycles. The second-order valence-corrected chi connectivity index (χ2v) is 8.25. The highest BCUT2D eigenvalue weighted by Crippen LogP contribution is 2.29. The maximum Gasteiger partial charge on any atom is 0.405 e. The lowest BCUT2D eigenvalue weighted by Gasteiger charge is -2.33. The lowest BCUT2D eigenvalue weighted by Crippen LogP contribution is -2.53. The van der Waals surface area contributed by atoms with Crippen LogP contribution in [-0.2, 0) is 0 Å². The van der Waals surface area contributed by atoms with Gasteiger partial charge in [-0.1, -0.05) is 18.2 Å². The third kappa shape index (κ3) is 4.79. The van der Waals surface area contributed by atoms with E-state index in [9.17, 15) is 18.0 Å². The number of benzene rings is 1. The van der Waals surface area contributed by atoms with Crippen molar-refractivity contribution in [2.75, 3.05) is 33.3 Å². The molecule has 0 aliphatic carbocycles. The summed E-state index contributed by atoms with van der Waals surface area (Å²) >= 11 is 0. The van der Waals surface area contributed by atoms with E-state index in [0.717, 1.165) is 16.0 Å². The number of fused-ring (bicyclic) bond motifs is 7. The van der Waals surface area contributed by atoms with E-state index in [4.69, 9.17) is 4.74 Å². The highest BCUT2D eigenvalue weighted by Gasteiger charge is 2.42. The van der Waals surface area contributed by atoms with E-state index >= 15 is 0 Å². The van der Waals surface area contributed by atoms with Gasteiger partial charge in [0.15, 0.2) is 0 Å². The SMILES string of the molecule is CCN1C(=O)NCC(C(F)(F)F)N(C)CCOc2nc(cn3ccnc23)-c2cccc(c2)[C@H]1C. The number of rotatable bonds is 1. The molecule has 34 heavy (non-hydrogen) atoms. The minimum Gasteiger partial charge on any atom is -0.474 e. The Labute approximate surface area is 195 Å². The predicted molar refractivity (Wildman–Crippen MR) is 121 cm³/mol. The van der Waals surface area contributed by atoms with Gasteiger partial charge in [0.2, 0.25) is 5.65 Å². The summed E-state index contributed by atoms with van der Waals surface area (Å²) in [6.45, 7) is 3.35. The summed E-state index contributed by atoms with van der Waals surface area (Å²) in [5.41, 5.74) is 2.76. The minimum atomic E-state index is -4.53. The van der Waals surface area contributed by atoms with Crippen LogP contribution in [0.5, 0.6) is 5.88 Å². The van der Waals surface area contributed by atoms with Gasteiger partial charge in [-0.25, -0.2) is 14.8 Å². The number of ether oxygens (including phenoxy) is 1. The molecule has 3 heterocycles. The van der Waals surface area contributed by atoms with Crippen LogP contribution in [0.2, 0.25) is 0 Å². The number of hydrogen-bond donors (Lipinski definition) is 1. The van der Waals surface area contributed by atoms with Crippen LogP contribution in [0.4, 0.5) is 18.0 Å². The molecular formula is C23H27F3N6O2. The Bertz CT molecular complexity index is 1170. The van der Waals surface area contributed by atoms with Crippen LogP contribution in [0.1, 0.15) is 25.5 Å². The fourth-order valence-corrected chi connectivity index (χ4v) is 4.12. The molecule has 4 bridgehead atoms. The van der Waals surface area contributed by atoms with Crippen molar-refractivity contribution in [3.8, 4) is 17.1 Å². The van der Waals surface area contributed by atoms with E-state index in [1.54, 1.807) is 23.7 Å². The summed E-state index contributed by atoms with van der Waals surface area (Å²) in [4.78, 5) is 24.4. The maximum atomic E-state index is 13.8. The van der Waals surface area contributed by atoms with Crippen LogP contribution in [0.3, 0.4) is 0 Å². The van der Waals surface area contributed by atoms with Crippen LogP contribution >= 0.6 is 0 Å². The number of hydrogen-bond acceptors (Lipinski definition) is 5. The lowest BCUT2D eigenvalue weighted by molar-refractivity contribution is -0.179. The van der Waals surface area contributed by atoms with Gasteiger partial charge in [-0.15, -0.1) is 0 Å². The summed E-state index contributed by atoms with van der Waals surface area (Å²) in [7, 11) is 1.36. The Morgan fingerprint density at radius 2 is 2.09 bits per heavy atom. The van der Waals surface area contributed by atoms with E-state index in [-0.39, 0.29) is 25.1 Å². The molecule has 0 saturated heterocycles. The number of nitrogens with zero attached hydrogens (tertiary/aromatic N) is 5. The van der Waals surface area contributed by atoms with Gasteiger partial charge in [0.1, 0.15) is 12.6 Å². The number of urea groups is 1. The zero-order valence-electron chi connectivity index (χ0n) is 19.2. The molecule has 1 aromatic carbocycles. The largest absolute Gasteiger partial charge is 0.474 e. The Kier molecular flexibility index (Phi) is 6.65. The quantitative estimate of drug-likeness (QED) is 0.579. The van der Waals surface area contributed by atoms with Crippen LogP contribution in [0, 0.1) is 0 Å². The Morgan fingerprint density at radius 3 is 2.82 bits per heavy atom. The van der Waals surface area contributed by atoms with Gasteiger partial charge in [0.05, 0.1) is 11.7 Å². The fraction of sp³-hybridized carbons (Fsp3) is 0.435. The van der Waals surface area contributed by atoms with E-state index < -0.39 is 24.8 Å². The molecule has 11 heteroatoms. The van der Waals surface area contributed by atoms with Crippen LogP contribution < -0.4 is 10.1 Å². The number of aromatic nitrogens is 3. The first-order valence-electron chi connectivity index (χ1n) is 11.1. The van der Waals surface area contributed by atoms with Gasteiger partial charge in [0.25, 0.3) is 5.88 Å². The van der Waals surface area contributed by atoms with Crippen molar-refractivity contribution in [1.29, 1.82) is 0 Å². The first-order chi connectivity index (χ1) is 16.2. The smallest absolute Gasteiger partial charge is 0.405 e. The molecule has 2 amide bonds. The monoisotopic (exact) mass is 476 g/mol. The number of halogens is 3. The Balaban J connectivity index is 1.78. The number of likely N-dealkylation sites (N-methyl/N-ethyl adjacent to an activating group) is 1. The summed E-state index contributed by atoms with van der Waals surface area (Å²) in [5, 5.41) is 2.48. The third-order valence-corrected chi connectivity index (χ3v) is 6.12. The van der Waals surface area contributed by atoms with E-state index in [1.165, 1.54) is 11.9 Å². The first kappa shape index (κ1) is 23.8. The molecular weight excluding hydrogens is 449 g/mol. The number of carbonyl (C=O) groups is 1. The number of carbonyl (C=O) groups excluding carboxylic acids is 1. The normalized spacial score (nSPS) is 20.8.